The van der Waals surface area contributed by atoms with Gasteiger partial charge in [-0.2, -0.15) is 0 Å². The van der Waals surface area contributed by atoms with Crippen LogP contribution < -0.4 is 11.3 Å². The molecule has 5 heteroatoms. The Bertz CT molecular complexity index is 459. The molecule has 2 rings (SSSR count). The highest BCUT2D eigenvalue weighted by Gasteiger charge is 2.11. The first-order valence-electron chi connectivity index (χ1n) is 5.18. The highest BCUT2D eigenvalue weighted by atomic mass is 35.5. The largest absolute Gasteiger partial charge is 0.271 e. The van der Waals surface area contributed by atoms with Crippen LogP contribution in [0.2, 0.25) is 5.02 Å². The van der Waals surface area contributed by atoms with E-state index in [0.717, 1.165) is 15.7 Å². The summed E-state index contributed by atoms with van der Waals surface area (Å²) < 4.78 is 0. The summed E-state index contributed by atoms with van der Waals surface area (Å²) in [5.41, 5.74) is 2.84. The molecule has 17 heavy (non-hydrogen) atoms. The molecule has 0 aliphatic heterocycles. The van der Waals surface area contributed by atoms with E-state index in [4.69, 9.17) is 17.4 Å². The van der Waals surface area contributed by atoms with E-state index in [1.165, 1.54) is 4.88 Å². The van der Waals surface area contributed by atoms with Gasteiger partial charge in [-0.05, 0) is 23.6 Å². The van der Waals surface area contributed by atoms with E-state index in [-0.39, 0.29) is 6.04 Å². The van der Waals surface area contributed by atoms with E-state index < -0.39 is 0 Å². The highest BCUT2D eigenvalue weighted by molar-refractivity contribution is 7.99. The van der Waals surface area contributed by atoms with Gasteiger partial charge in [0, 0.05) is 15.5 Å². The molecule has 0 fully saturated rings. The van der Waals surface area contributed by atoms with Crippen molar-refractivity contribution in [1.82, 2.24) is 5.43 Å². The Morgan fingerprint density at radius 3 is 2.76 bits per heavy atom. The van der Waals surface area contributed by atoms with Crippen LogP contribution in [-0.2, 0) is 0 Å². The maximum atomic E-state index is 6.11. The van der Waals surface area contributed by atoms with Gasteiger partial charge in [0.2, 0.25) is 0 Å². The average molecular weight is 285 g/mol. The summed E-state index contributed by atoms with van der Waals surface area (Å²) in [6, 6.07) is 12.1. The van der Waals surface area contributed by atoms with Crippen LogP contribution in [0.25, 0.3) is 0 Å². The average Bonchev–Trinajstić information content (AvgIpc) is 2.86. The van der Waals surface area contributed by atoms with Crippen molar-refractivity contribution in [2.75, 3.05) is 5.75 Å². The smallest absolute Gasteiger partial charge is 0.0647 e. The molecule has 1 heterocycles. The van der Waals surface area contributed by atoms with Gasteiger partial charge in [0.1, 0.15) is 0 Å². The van der Waals surface area contributed by atoms with Crippen molar-refractivity contribution >= 4 is 34.7 Å². The number of hydrazine groups is 1. The Labute approximate surface area is 114 Å². The van der Waals surface area contributed by atoms with E-state index in [1.54, 1.807) is 23.1 Å². The Balaban J connectivity index is 2.00. The van der Waals surface area contributed by atoms with E-state index >= 15 is 0 Å². The molecule has 0 aliphatic carbocycles. The minimum Gasteiger partial charge on any atom is -0.271 e. The molecule has 0 amide bonds. The van der Waals surface area contributed by atoms with Crippen molar-refractivity contribution in [2.45, 2.75) is 10.9 Å². The van der Waals surface area contributed by atoms with Crippen LogP contribution in [0.3, 0.4) is 0 Å². The summed E-state index contributed by atoms with van der Waals surface area (Å²) in [7, 11) is 0. The third kappa shape index (κ3) is 3.47. The first kappa shape index (κ1) is 12.9. The van der Waals surface area contributed by atoms with Crippen molar-refractivity contribution < 1.29 is 0 Å². The number of thiophene rings is 1. The summed E-state index contributed by atoms with van der Waals surface area (Å²) in [6.07, 6.45) is 0. The van der Waals surface area contributed by atoms with E-state index in [9.17, 15) is 0 Å². The number of rotatable bonds is 5. The fourth-order valence-electron chi connectivity index (χ4n) is 1.44. The number of nitrogens with two attached hydrogens (primary N) is 1. The number of hydrogen-bond acceptors (Lipinski definition) is 4. The maximum absolute atomic E-state index is 6.11. The molecule has 3 N–H and O–H groups in total. The number of benzene rings is 1. The van der Waals surface area contributed by atoms with E-state index in [0.29, 0.717) is 0 Å². The highest BCUT2D eigenvalue weighted by Crippen LogP contribution is 2.30. The zero-order valence-electron chi connectivity index (χ0n) is 9.10. The number of halogens is 1. The lowest BCUT2D eigenvalue weighted by Gasteiger charge is -2.14. The molecule has 1 aromatic carbocycles. The molecule has 0 saturated heterocycles. The fourth-order valence-corrected chi connectivity index (χ4v) is 3.63. The second-order valence-corrected chi connectivity index (χ2v) is 5.92. The Morgan fingerprint density at radius 1 is 1.29 bits per heavy atom. The van der Waals surface area contributed by atoms with Crippen LogP contribution in [-0.4, -0.2) is 5.75 Å². The lowest BCUT2D eigenvalue weighted by molar-refractivity contribution is 0.620. The third-order valence-corrected chi connectivity index (χ3v) is 4.92. The van der Waals surface area contributed by atoms with E-state index in [2.05, 4.69) is 16.9 Å². The molecular weight excluding hydrogens is 272 g/mol. The van der Waals surface area contributed by atoms with Gasteiger partial charge in [-0.3, -0.25) is 11.3 Å². The summed E-state index contributed by atoms with van der Waals surface area (Å²) >= 11 is 9.52. The monoisotopic (exact) mass is 284 g/mol. The second kappa shape index (κ2) is 6.42. The Kier molecular flexibility index (Phi) is 4.88. The number of thioether (sulfide) groups is 1. The number of nitrogens with one attached hydrogen (secondary N) is 1. The second-order valence-electron chi connectivity index (χ2n) is 3.48. The van der Waals surface area contributed by atoms with Crippen LogP contribution in [0, 0.1) is 0 Å². The first-order valence-corrected chi connectivity index (χ1v) is 7.42. The lowest BCUT2D eigenvalue weighted by Crippen LogP contribution is -2.29. The van der Waals surface area contributed by atoms with Gasteiger partial charge in [0.05, 0.1) is 11.1 Å². The van der Waals surface area contributed by atoms with Crippen molar-refractivity contribution in [3.8, 4) is 0 Å². The predicted molar refractivity (Wildman–Crippen MR) is 76.6 cm³/mol. The third-order valence-electron chi connectivity index (χ3n) is 2.33. The summed E-state index contributed by atoms with van der Waals surface area (Å²) in [4.78, 5) is 2.33. The van der Waals surface area contributed by atoms with Gasteiger partial charge < -0.3 is 0 Å². The fraction of sp³-hybridized carbons (Fsp3) is 0.167. The molecule has 0 saturated carbocycles. The minimum atomic E-state index is 0.163. The van der Waals surface area contributed by atoms with Crippen LogP contribution >= 0.6 is 34.7 Å². The van der Waals surface area contributed by atoms with Gasteiger partial charge in [-0.1, -0.05) is 29.8 Å². The summed E-state index contributed by atoms with van der Waals surface area (Å²) in [6.45, 7) is 0. The molecule has 0 spiro atoms. The van der Waals surface area contributed by atoms with Gasteiger partial charge in [-0.15, -0.1) is 23.1 Å². The zero-order chi connectivity index (χ0) is 12.1. The number of hydrogen-bond donors (Lipinski definition) is 2. The summed E-state index contributed by atoms with van der Waals surface area (Å²) in [5.74, 6) is 6.44. The molecular formula is C12H13ClN2S2. The van der Waals surface area contributed by atoms with Crippen LogP contribution in [0.5, 0.6) is 0 Å². The van der Waals surface area contributed by atoms with Crippen molar-refractivity contribution in [3.05, 3.63) is 51.7 Å². The molecule has 90 valence electrons. The standard InChI is InChI=1S/C12H13ClN2S2/c13-9-4-1-2-5-11(9)17-8-10(15-14)12-6-3-7-16-12/h1-7,10,15H,8,14H2. The maximum Gasteiger partial charge on any atom is 0.0647 e. The normalized spacial score (nSPS) is 12.6. The van der Waals surface area contributed by atoms with E-state index in [1.807, 2.05) is 30.3 Å². The van der Waals surface area contributed by atoms with Gasteiger partial charge in [-0.25, -0.2) is 0 Å². The van der Waals surface area contributed by atoms with Gasteiger partial charge in [0.25, 0.3) is 0 Å². The minimum absolute atomic E-state index is 0.163. The molecule has 2 aromatic rings. The lowest BCUT2D eigenvalue weighted by atomic mass is 10.3. The topological polar surface area (TPSA) is 38.0 Å². The van der Waals surface area contributed by atoms with Crippen LogP contribution in [0.1, 0.15) is 10.9 Å². The zero-order valence-corrected chi connectivity index (χ0v) is 11.5. The Hall–Kier alpha value is -0.520. The van der Waals surface area contributed by atoms with Crippen molar-refractivity contribution in [3.63, 3.8) is 0 Å². The van der Waals surface area contributed by atoms with Gasteiger partial charge >= 0.3 is 0 Å². The van der Waals surface area contributed by atoms with Crippen LogP contribution in [0.15, 0.2) is 46.7 Å². The molecule has 0 aliphatic rings. The molecule has 1 aromatic heterocycles. The van der Waals surface area contributed by atoms with Crippen LogP contribution in [0.4, 0.5) is 0 Å². The van der Waals surface area contributed by atoms with Crippen molar-refractivity contribution in [1.29, 1.82) is 0 Å². The Morgan fingerprint density at radius 2 is 2.12 bits per heavy atom. The molecule has 0 bridgehead atoms. The molecule has 1 atom stereocenters. The van der Waals surface area contributed by atoms with Crippen molar-refractivity contribution in [2.24, 2.45) is 5.84 Å². The van der Waals surface area contributed by atoms with Gasteiger partial charge in [0.15, 0.2) is 0 Å². The predicted octanol–water partition coefficient (Wildman–Crippen LogP) is 3.70. The first-order chi connectivity index (χ1) is 8.31. The molecule has 0 radical (unpaired) electrons. The molecule has 2 nitrogen and oxygen atoms in total. The quantitative estimate of drug-likeness (QED) is 0.499. The molecule has 1 unspecified atom stereocenters. The SMILES string of the molecule is NNC(CSc1ccccc1Cl)c1cccs1. The summed E-state index contributed by atoms with van der Waals surface area (Å²) in [5, 5.41) is 2.85.